The van der Waals surface area contributed by atoms with Crippen molar-refractivity contribution in [2.24, 2.45) is 0 Å². The molecule has 3 heterocycles. The molecule has 0 saturated heterocycles. The largest absolute Gasteiger partial charge is 0.465 e. The summed E-state index contributed by atoms with van der Waals surface area (Å²) >= 11 is 4.57. The number of anilines is 1. The number of esters is 1. The first-order valence-corrected chi connectivity index (χ1v) is 13.7. The van der Waals surface area contributed by atoms with E-state index in [4.69, 9.17) is 4.74 Å². The average Bonchev–Trinajstić information content (AvgIpc) is 3.54. The molecule has 7 nitrogen and oxygen atoms in total. The SMILES string of the molecule is CCc1c(-c2nnc(SCC(=O)Nc3sc4c(c3C(=O)OC)CCC4)n2C(C)C)csc1C. The third-order valence-electron chi connectivity index (χ3n) is 5.78. The van der Waals surface area contributed by atoms with Crippen LogP contribution >= 0.6 is 34.4 Å². The third-order valence-corrected chi connectivity index (χ3v) is 8.88. The van der Waals surface area contributed by atoms with Gasteiger partial charge in [0, 0.05) is 26.7 Å². The summed E-state index contributed by atoms with van der Waals surface area (Å²) in [5.74, 6) is 0.457. The van der Waals surface area contributed by atoms with E-state index in [1.807, 2.05) is 0 Å². The van der Waals surface area contributed by atoms with Crippen LogP contribution in [-0.2, 0) is 28.8 Å². The Morgan fingerprint density at radius 1 is 1.30 bits per heavy atom. The molecule has 0 aliphatic heterocycles. The third kappa shape index (κ3) is 4.61. The number of hydrogen-bond donors (Lipinski definition) is 1. The molecule has 0 unspecified atom stereocenters. The summed E-state index contributed by atoms with van der Waals surface area (Å²) < 4.78 is 7.06. The summed E-state index contributed by atoms with van der Waals surface area (Å²) in [6.45, 7) is 8.47. The maximum atomic E-state index is 12.8. The minimum absolute atomic E-state index is 0.150. The highest BCUT2D eigenvalue weighted by atomic mass is 32.2. The van der Waals surface area contributed by atoms with Crippen LogP contribution in [0.4, 0.5) is 5.00 Å². The van der Waals surface area contributed by atoms with Crippen LogP contribution in [0, 0.1) is 6.92 Å². The minimum Gasteiger partial charge on any atom is -0.465 e. The maximum Gasteiger partial charge on any atom is 0.341 e. The van der Waals surface area contributed by atoms with Gasteiger partial charge in [0.05, 0.1) is 18.4 Å². The van der Waals surface area contributed by atoms with Crippen molar-refractivity contribution >= 4 is 51.3 Å². The van der Waals surface area contributed by atoms with Gasteiger partial charge in [-0.2, -0.15) is 0 Å². The van der Waals surface area contributed by atoms with Gasteiger partial charge in [0.15, 0.2) is 11.0 Å². The summed E-state index contributed by atoms with van der Waals surface area (Å²) in [6.07, 6.45) is 3.76. The number of carbonyl (C=O) groups is 2. The molecular formula is C23H28N4O3S3. The zero-order valence-electron chi connectivity index (χ0n) is 19.5. The Labute approximate surface area is 206 Å². The van der Waals surface area contributed by atoms with Gasteiger partial charge in [0.25, 0.3) is 0 Å². The van der Waals surface area contributed by atoms with Gasteiger partial charge in [-0.1, -0.05) is 18.7 Å². The molecule has 10 heteroatoms. The van der Waals surface area contributed by atoms with Crippen LogP contribution in [-0.4, -0.2) is 39.5 Å². The van der Waals surface area contributed by atoms with Gasteiger partial charge < -0.3 is 10.1 Å². The topological polar surface area (TPSA) is 86.1 Å². The van der Waals surface area contributed by atoms with Crippen molar-refractivity contribution in [2.75, 3.05) is 18.2 Å². The van der Waals surface area contributed by atoms with E-state index in [-0.39, 0.29) is 23.7 Å². The first-order chi connectivity index (χ1) is 15.8. The number of rotatable bonds is 8. The van der Waals surface area contributed by atoms with Gasteiger partial charge >= 0.3 is 5.97 Å². The van der Waals surface area contributed by atoms with Crippen LogP contribution in [0.1, 0.15) is 64.5 Å². The van der Waals surface area contributed by atoms with E-state index in [0.717, 1.165) is 42.6 Å². The lowest BCUT2D eigenvalue weighted by Crippen LogP contribution is -2.17. The van der Waals surface area contributed by atoms with Gasteiger partial charge in [-0.15, -0.1) is 32.9 Å². The molecule has 0 spiro atoms. The molecule has 1 aliphatic rings. The number of nitrogens with one attached hydrogen (secondary N) is 1. The fourth-order valence-electron chi connectivity index (χ4n) is 4.23. The molecule has 0 saturated carbocycles. The number of thioether (sulfide) groups is 1. The molecular weight excluding hydrogens is 476 g/mol. The summed E-state index contributed by atoms with van der Waals surface area (Å²) in [4.78, 5) is 27.6. The highest BCUT2D eigenvalue weighted by Gasteiger charge is 2.28. The normalized spacial score (nSPS) is 12.9. The van der Waals surface area contributed by atoms with Crippen LogP contribution in [0.25, 0.3) is 11.4 Å². The van der Waals surface area contributed by atoms with Crippen molar-refractivity contribution in [3.63, 3.8) is 0 Å². The van der Waals surface area contributed by atoms with Gasteiger partial charge in [0.2, 0.25) is 5.91 Å². The zero-order valence-corrected chi connectivity index (χ0v) is 21.9. The number of aromatic nitrogens is 3. The van der Waals surface area contributed by atoms with Crippen molar-refractivity contribution < 1.29 is 14.3 Å². The molecule has 0 fully saturated rings. The monoisotopic (exact) mass is 504 g/mol. The molecule has 0 radical (unpaired) electrons. The molecule has 1 aliphatic carbocycles. The van der Waals surface area contributed by atoms with Crippen molar-refractivity contribution in [3.05, 3.63) is 31.8 Å². The number of nitrogens with zero attached hydrogens (tertiary/aromatic N) is 3. The number of methoxy groups -OCH3 is 1. The molecule has 176 valence electrons. The standard InChI is InChI=1S/C23H28N4O3S3/c1-6-14-13(4)31-10-16(14)20-25-26-23(27(20)12(2)3)32-11-18(28)24-21-19(22(29)30-5)15-8-7-9-17(15)33-21/h10,12H,6-9,11H2,1-5H3,(H,24,28). The predicted octanol–water partition coefficient (Wildman–Crippen LogP) is 5.53. The first-order valence-electron chi connectivity index (χ1n) is 11.0. The molecule has 33 heavy (non-hydrogen) atoms. The number of hydrogen-bond acceptors (Lipinski definition) is 8. The summed E-state index contributed by atoms with van der Waals surface area (Å²) in [7, 11) is 1.37. The Bertz CT molecular complexity index is 1190. The number of amides is 1. The molecule has 1 amide bonds. The van der Waals surface area contributed by atoms with E-state index < -0.39 is 0 Å². The second kappa shape index (κ2) is 9.99. The van der Waals surface area contributed by atoms with Gasteiger partial charge in [-0.3, -0.25) is 9.36 Å². The quantitative estimate of drug-likeness (QED) is 0.321. The maximum absolute atomic E-state index is 12.8. The second-order valence-corrected chi connectivity index (χ2v) is 11.3. The van der Waals surface area contributed by atoms with E-state index in [1.165, 1.54) is 45.5 Å². The van der Waals surface area contributed by atoms with Gasteiger partial charge in [0.1, 0.15) is 5.00 Å². The number of carbonyl (C=O) groups excluding carboxylic acids is 2. The van der Waals surface area contributed by atoms with Crippen LogP contribution in [0.5, 0.6) is 0 Å². The summed E-state index contributed by atoms with van der Waals surface area (Å²) in [6, 6.07) is 0.150. The van der Waals surface area contributed by atoms with E-state index >= 15 is 0 Å². The number of thiophene rings is 2. The lowest BCUT2D eigenvalue weighted by molar-refractivity contribution is -0.113. The van der Waals surface area contributed by atoms with Crippen molar-refractivity contribution in [2.45, 2.75) is 64.6 Å². The molecule has 0 aromatic carbocycles. The number of aryl methyl sites for hydroxylation is 2. The molecule has 4 rings (SSSR count). The van der Waals surface area contributed by atoms with Crippen molar-refractivity contribution in [1.29, 1.82) is 0 Å². The molecule has 3 aromatic rings. The molecule has 3 aromatic heterocycles. The van der Waals surface area contributed by atoms with Gasteiger partial charge in [-0.05, 0) is 57.6 Å². The van der Waals surface area contributed by atoms with Crippen molar-refractivity contribution in [1.82, 2.24) is 14.8 Å². The highest BCUT2D eigenvalue weighted by Crippen LogP contribution is 2.40. The smallest absolute Gasteiger partial charge is 0.341 e. The van der Waals surface area contributed by atoms with E-state index in [2.05, 4.69) is 53.2 Å². The fraction of sp³-hybridized carbons (Fsp3) is 0.478. The number of ether oxygens (including phenoxy) is 1. The fourth-order valence-corrected chi connectivity index (χ4v) is 7.33. The van der Waals surface area contributed by atoms with Crippen molar-refractivity contribution in [3.8, 4) is 11.4 Å². The lowest BCUT2D eigenvalue weighted by Gasteiger charge is -2.14. The highest BCUT2D eigenvalue weighted by molar-refractivity contribution is 7.99. The molecule has 0 bridgehead atoms. The Morgan fingerprint density at radius 3 is 2.79 bits per heavy atom. The Hall–Kier alpha value is -2.17. The lowest BCUT2D eigenvalue weighted by atomic mass is 10.1. The molecule has 0 atom stereocenters. The van der Waals surface area contributed by atoms with Crippen LogP contribution in [0.3, 0.4) is 0 Å². The number of fused-ring (bicyclic) bond motifs is 1. The predicted molar refractivity (Wildman–Crippen MR) is 135 cm³/mol. The Balaban J connectivity index is 1.52. The van der Waals surface area contributed by atoms with Gasteiger partial charge in [-0.25, -0.2) is 4.79 Å². The summed E-state index contributed by atoms with van der Waals surface area (Å²) in [5, 5.41) is 15.3. The minimum atomic E-state index is -0.390. The van der Waals surface area contributed by atoms with E-state index in [9.17, 15) is 9.59 Å². The zero-order chi connectivity index (χ0) is 23.7. The van der Waals surface area contributed by atoms with Crippen LogP contribution in [0.2, 0.25) is 0 Å². The first kappa shape index (κ1) is 24.0. The van der Waals surface area contributed by atoms with Crippen LogP contribution < -0.4 is 5.32 Å². The van der Waals surface area contributed by atoms with E-state index in [0.29, 0.717) is 15.7 Å². The summed E-state index contributed by atoms with van der Waals surface area (Å²) in [5.41, 5.74) is 3.95. The Morgan fingerprint density at radius 2 is 2.09 bits per heavy atom. The molecule has 1 N–H and O–H groups in total. The average molecular weight is 505 g/mol. The van der Waals surface area contributed by atoms with Crippen LogP contribution in [0.15, 0.2) is 10.5 Å². The second-order valence-electron chi connectivity index (χ2n) is 8.20. The Kier molecular flexibility index (Phi) is 7.25. The van der Waals surface area contributed by atoms with E-state index in [1.54, 1.807) is 11.3 Å².